The summed E-state index contributed by atoms with van der Waals surface area (Å²) in [6.45, 7) is 6.84. The Morgan fingerprint density at radius 3 is 2.42 bits per heavy atom. The van der Waals surface area contributed by atoms with Gasteiger partial charge in [0.25, 0.3) is 0 Å². The molecule has 0 aromatic carbocycles. The Bertz CT molecular complexity index is 1300. The molecule has 0 bridgehead atoms. The number of piperidine rings is 1. The van der Waals surface area contributed by atoms with Crippen molar-refractivity contribution < 1.29 is 9.53 Å². The van der Waals surface area contributed by atoms with E-state index in [1.54, 1.807) is 5.57 Å². The first-order chi connectivity index (χ1) is 19.5. The number of nitrogens with zero attached hydrogens (tertiary/aromatic N) is 3. The van der Waals surface area contributed by atoms with Gasteiger partial charge in [0.1, 0.15) is 6.10 Å². The van der Waals surface area contributed by atoms with Crippen molar-refractivity contribution in [3.8, 4) is 0 Å². The number of allylic oxidation sites excluding steroid dienone is 3. The number of hydrogen-bond acceptors (Lipinski definition) is 5. The standard InChI is InChI=1S/C35H43N3O2/c1-34-15-11-28(40-33(39)24-13-19-38(20-14-24)27-6-4-18-37-23-27)21-26(34)7-8-29-31-10-9-30(25-5-3-17-36-22-25)35(31,2)16-12-32(29)34/h3-7,9,17-18,22-24,28-29,31-32H,8,10-16,19-21H2,1-2H3/t28-,29-,31-,32-,34-,35+/m0/s1. The Kier molecular flexibility index (Phi) is 6.59. The summed E-state index contributed by atoms with van der Waals surface area (Å²) in [4.78, 5) is 24.2. The summed E-state index contributed by atoms with van der Waals surface area (Å²) in [6.07, 6.45) is 22.5. The summed E-state index contributed by atoms with van der Waals surface area (Å²) in [5.74, 6) is 2.24. The first-order valence-electron chi connectivity index (χ1n) is 15.6. The topological polar surface area (TPSA) is 55.3 Å². The first-order valence-corrected chi connectivity index (χ1v) is 15.6. The second-order valence-corrected chi connectivity index (χ2v) is 13.6. The maximum atomic E-state index is 13.2. The van der Waals surface area contributed by atoms with Crippen molar-refractivity contribution in [2.75, 3.05) is 18.0 Å². The van der Waals surface area contributed by atoms with Crippen LogP contribution in [-0.4, -0.2) is 35.1 Å². The molecular weight excluding hydrogens is 494 g/mol. The number of anilines is 1. The summed E-state index contributed by atoms with van der Waals surface area (Å²) in [5.41, 5.74) is 6.07. The van der Waals surface area contributed by atoms with E-state index >= 15 is 0 Å². The molecule has 4 aliphatic carbocycles. The molecule has 3 fully saturated rings. The fraction of sp³-hybridized carbons (Fsp3) is 0.571. The van der Waals surface area contributed by atoms with E-state index in [0.29, 0.717) is 5.92 Å². The minimum atomic E-state index is 0.0193. The highest BCUT2D eigenvalue weighted by Crippen LogP contribution is 2.66. The van der Waals surface area contributed by atoms with Gasteiger partial charge in [0.05, 0.1) is 17.8 Å². The number of esters is 1. The van der Waals surface area contributed by atoms with Gasteiger partial charge in [0.2, 0.25) is 0 Å². The highest BCUT2D eigenvalue weighted by atomic mass is 16.5. The third-order valence-electron chi connectivity index (χ3n) is 11.7. The van der Waals surface area contributed by atoms with Crippen LogP contribution in [0.3, 0.4) is 0 Å². The summed E-state index contributed by atoms with van der Waals surface area (Å²) in [6, 6.07) is 8.39. The number of pyridine rings is 2. The Morgan fingerprint density at radius 1 is 0.900 bits per heavy atom. The molecular formula is C35H43N3O2. The maximum absolute atomic E-state index is 13.2. The highest BCUT2D eigenvalue weighted by Gasteiger charge is 2.57. The molecule has 0 unspecified atom stereocenters. The molecule has 2 saturated carbocycles. The van der Waals surface area contributed by atoms with Gasteiger partial charge in [0.15, 0.2) is 0 Å². The van der Waals surface area contributed by atoms with Gasteiger partial charge >= 0.3 is 5.97 Å². The lowest BCUT2D eigenvalue weighted by Crippen LogP contribution is -2.50. The van der Waals surface area contributed by atoms with Gasteiger partial charge < -0.3 is 9.64 Å². The molecule has 210 valence electrons. The summed E-state index contributed by atoms with van der Waals surface area (Å²) in [7, 11) is 0. The van der Waals surface area contributed by atoms with Crippen LogP contribution in [0.25, 0.3) is 5.57 Å². The first kappa shape index (κ1) is 26.0. The number of carbonyl (C=O) groups excluding carboxylic acids is 1. The van der Waals surface area contributed by atoms with E-state index in [2.05, 4.69) is 65.3 Å². The second kappa shape index (κ2) is 10.2. The third kappa shape index (κ3) is 4.31. The Labute approximate surface area is 239 Å². The minimum Gasteiger partial charge on any atom is -0.462 e. The Morgan fingerprint density at radius 2 is 1.68 bits per heavy atom. The predicted octanol–water partition coefficient (Wildman–Crippen LogP) is 7.26. The van der Waals surface area contributed by atoms with Gasteiger partial charge in [-0.3, -0.25) is 14.8 Å². The summed E-state index contributed by atoms with van der Waals surface area (Å²) >= 11 is 0. The van der Waals surface area contributed by atoms with E-state index in [4.69, 9.17) is 4.74 Å². The van der Waals surface area contributed by atoms with Gasteiger partial charge in [-0.25, -0.2) is 0 Å². The van der Waals surface area contributed by atoms with E-state index in [1.807, 2.05) is 24.7 Å². The van der Waals surface area contributed by atoms with Crippen molar-refractivity contribution >= 4 is 17.2 Å². The Balaban J connectivity index is 0.990. The molecule has 2 aromatic rings. The average Bonchev–Trinajstić information content (AvgIpc) is 3.35. The molecule has 5 nitrogen and oxygen atoms in total. The summed E-state index contributed by atoms with van der Waals surface area (Å²) in [5, 5.41) is 0. The van der Waals surface area contributed by atoms with Crippen molar-refractivity contribution in [1.82, 2.24) is 9.97 Å². The molecule has 0 radical (unpaired) electrons. The summed E-state index contributed by atoms with van der Waals surface area (Å²) < 4.78 is 6.23. The average molecular weight is 538 g/mol. The molecule has 0 amide bonds. The van der Waals surface area contributed by atoms with Gasteiger partial charge in [-0.1, -0.05) is 37.6 Å². The van der Waals surface area contributed by atoms with Crippen molar-refractivity contribution in [2.45, 2.75) is 77.7 Å². The molecule has 1 aliphatic heterocycles. The van der Waals surface area contributed by atoms with E-state index < -0.39 is 0 Å². The van der Waals surface area contributed by atoms with E-state index in [0.717, 1.165) is 62.7 Å². The van der Waals surface area contributed by atoms with E-state index in [9.17, 15) is 4.79 Å². The zero-order valence-electron chi connectivity index (χ0n) is 24.1. The van der Waals surface area contributed by atoms with Gasteiger partial charge in [-0.2, -0.15) is 0 Å². The number of fused-ring (bicyclic) bond motifs is 5. The molecule has 0 N–H and O–H groups in total. The number of hydrogen-bond donors (Lipinski definition) is 0. The maximum Gasteiger partial charge on any atom is 0.309 e. The smallest absolute Gasteiger partial charge is 0.309 e. The van der Waals surface area contributed by atoms with Crippen LogP contribution < -0.4 is 4.90 Å². The zero-order chi connectivity index (χ0) is 27.3. The van der Waals surface area contributed by atoms with Crippen LogP contribution in [0, 0.1) is 34.5 Å². The minimum absolute atomic E-state index is 0.0193. The monoisotopic (exact) mass is 537 g/mol. The lowest BCUT2D eigenvalue weighted by Gasteiger charge is -2.58. The molecule has 40 heavy (non-hydrogen) atoms. The number of carbonyl (C=O) groups is 1. The molecule has 3 heterocycles. The van der Waals surface area contributed by atoms with Crippen molar-refractivity contribution in [1.29, 1.82) is 0 Å². The number of rotatable bonds is 4. The fourth-order valence-corrected chi connectivity index (χ4v) is 9.44. The largest absolute Gasteiger partial charge is 0.462 e. The number of ether oxygens (including phenoxy) is 1. The highest BCUT2D eigenvalue weighted by molar-refractivity contribution is 5.73. The molecule has 6 atom stereocenters. The SMILES string of the molecule is C[C@]12CC[C@H](OC(=O)C3CCN(c4cccnc4)CC3)CC1=CC[C@@H]1[C@@H]2CC[C@]2(C)C(c3cccnc3)=CC[C@@H]12. The quantitative estimate of drug-likeness (QED) is 0.303. The predicted molar refractivity (Wildman–Crippen MR) is 158 cm³/mol. The van der Waals surface area contributed by atoms with Gasteiger partial charge in [0, 0.05) is 38.1 Å². The van der Waals surface area contributed by atoms with Crippen LogP contribution in [0.4, 0.5) is 5.69 Å². The van der Waals surface area contributed by atoms with E-state index in [-0.39, 0.29) is 28.8 Å². The molecule has 5 aliphatic rings. The molecule has 1 saturated heterocycles. The van der Waals surface area contributed by atoms with Crippen LogP contribution in [0.2, 0.25) is 0 Å². The third-order valence-corrected chi connectivity index (χ3v) is 11.7. The van der Waals surface area contributed by atoms with Crippen LogP contribution in [-0.2, 0) is 9.53 Å². The van der Waals surface area contributed by atoms with E-state index in [1.165, 1.54) is 36.8 Å². The van der Waals surface area contributed by atoms with Crippen molar-refractivity contribution in [3.05, 3.63) is 72.3 Å². The Hall–Kier alpha value is -2.95. The lowest BCUT2D eigenvalue weighted by molar-refractivity contribution is -0.157. The van der Waals surface area contributed by atoms with Crippen molar-refractivity contribution in [3.63, 3.8) is 0 Å². The molecule has 0 spiro atoms. The lowest BCUT2D eigenvalue weighted by atomic mass is 9.47. The van der Waals surface area contributed by atoms with Crippen LogP contribution >= 0.6 is 0 Å². The molecule has 2 aromatic heterocycles. The second-order valence-electron chi connectivity index (χ2n) is 13.6. The zero-order valence-corrected chi connectivity index (χ0v) is 24.1. The number of aromatic nitrogens is 2. The normalized spacial score (nSPS) is 35.6. The fourth-order valence-electron chi connectivity index (χ4n) is 9.44. The van der Waals surface area contributed by atoms with Crippen LogP contribution in [0.5, 0.6) is 0 Å². The molecule has 5 heteroatoms. The van der Waals surface area contributed by atoms with Crippen LogP contribution in [0.1, 0.15) is 77.2 Å². The van der Waals surface area contributed by atoms with Crippen LogP contribution in [0.15, 0.2) is 66.8 Å². The van der Waals surface area contributed by atoms with Crippen molar-refractivity contribution in [2.24, 2.45) is 34.5 Å². The molecule has 7 rings (SSSR count). The van der Waals surface area contributed by atoms with Gasteiger partial charge in [-0.05, 0) is 109 Å². The van der Waals surface area contributed by atoms with Gasteiger partial charge in [-0.15, -0.1) is 0 Å².